The highest BCUT2D eigenvalue weighted by atomic mass is 32.2. The lowest BCUT2D eigenvalue weighted by Gasteiger charge is -2.08. The predicted molar refractivity (Wildman–Crippen MR) is 72.1 cm³/mol. The van der Waals surface area contributed by atoms with Crippen molar-refractivity contribution < 1.29 is 4.39 Å². The third-order valence-electron chi connectivity index (χ3n) is 2.46. The molecule has 0 spiro atoms. The molecule has 1 aromatic carbocycles. The zero-order chi connectivity index (χ0) is 12.8. The van der Waals surface area contributed by atoms with Crippen molar-refractivity contribution in [2.24, 2.45) is 0 Å². The molecule has 0 fully saturated rings. The average Bonchev–Trinajstić information content (AvgIpc) is 2.40. The van der Waals surface area contributed by atoms with Gasteiger partial charge < -0.3 is 5.32 Å². The highest BCUT2D eigenvalue weighted by molar-refractivity contribution is 7.99. The van der Waals surface area contributed by atoms with Crippen LogP contribution in [0.3, 0.4) is 0 Å². The summed E-state index contributed by atoms with van der Waals surface area (Å²) in [5, 5.41) is 4.11. The maximum atomic E-state index is 13.6. The molecule has 4 heteroatoms. The zero-order valence-corrected chi connectivity index (χ0v) is 11.0. The van der Waals surface area contributed by atoms with Gasteiger partial charge in [-0.1, -0.05) is 36.9 Å². The second-order valence-electron chi connectivity index (χ2n) is 3.78. The molecular formula is C14H15FN2S. The van der Waals surface area contributed by atoms with Crippen LogP contribution in [0, 0.1) is 5.82 Å². The first-order valence-corrected chi connectivity index (χ1v) is 6.70. The summed E-state index contributed by atoms with van der Waals surface area (Å²) >= 11 is 1.37. The van der Waals surface area contributed by atoms with Crippen LogP contribution in [-0.2, 0) is 6.54 Å². The summed E-state index contributed by atoms with van der Waals surface area (Å²) in [5.74, 6) is -0.206. The summed E-state index contributed by atoms with van der Waals surface area (Å²) in [5.41, 5.74) is 1.09. The molecule has 1 N–H and O–H groups in total. The van der Waals surface area contributed by atoms with E-state index in [0.717, 1.165) is 23.7 Å². The van der Waals surface area contributed by atoms with Crippen LogP contribution in [0.1, 0.15) is 12.5 Å². The SMILES string of the molecule is CCNCc1cccnc1Sc1ccccc1F. The predicted octanol–water partition coefficient (Wildman–Crippen LogP) is 3.48. The van der Waals surface area contributed by atoms with Gasteiger partial charge in [0, 0.05) is 17.6 Å². The maximum Gasteiger partial charge on any atom is 0.137 e. The van der Waals surface area contributed by atoms with Crippen LogP contribution in [-0.4, -0.2) is 11.5 Å². The Morgan fingerprint density at radius 1 is 1.22 bits per heavy atom. The Kier molecular flexibility index (Phi) is 4.73. The molecule has 0 bridgehead atoms. The third kappa shape index (κ3) is 3.31. The molecule has 1 aromatic heterocycles. The molecule has 0 unspecified atom stereocenters. The molecule has 0 atom stereocenters. The van der Waals surface area contributed by atoms with Crippen molar-refractivity contribution in [1.82, 2.24) is 10.3 Å². The Labute approximate surface area is 111 Å². The Morgan fingerprint density at radius 3 is 2.83 bits per heavy atom. The number of nitrogens with one attached hydrogen (secondary N) is 1. The zero-order valence-electron chi connectivity index (χ0n) is 10.2. The number of halogens is 1. The number of aromatic nitrogens is 1. The van der Waals surface area contributed by atoms with Crippen molar-refractivity contribution in [3.05, 3.63) is 54.0 Å². The van der Waals surface area contributed by atoms with Gasteiger partial charge in [-0.05, 0) is 30.3 Å². The summed E-state index contributed by atoms with van der Waals surface area (Å²) in [4.78, 5) is 4.93. The first kappa shape index (κ1) is 13.1. The lowest BCUT2D eigenvalue weighted by Crippen LogP contribution is -2.12. The van der Waals surface area contributed by atoms with Crippen molar-refractivity contribution in [3.63, 3.8) is 0 Å². The van der Waals surface area contributed by atoms with E-state index in [-0.39, 0.29) is 5.82 Å². The lowest BCUT2D eigenvalue weighted by atomic mass is 10.3. The van der Waals surface area contributed by atoms with E-state index in [1.54, 1.807) is 18.3 Å². The van der Waals surface area contributed by atoms with Crippen LogP contribution in [0.5, 0.6) is 0 Å². The van der Waals surface area contributed by atoms with Gasteiger partial charge in [-0.25, -0.2) is 9.37 Å². The minimum Gasteiger partial charge on any atom is -0.313 e. The molecular weight excluding hydrogens is 247 g/mol. The van der Waals surface area contributed by atoms with E-state index >= 15 is 0 Å². The molecule has 2 rings (SSSR count). The molecule has 2 aromatic rings. The van der Waals surface area contributed by atoms with Gasteiger partial charge in [-0.2, -0.15) is 0 Å². The summed E-state index contributed by atoms with van der Waals surface area (Å²) in [6, 6.07) is 10.7. The normalized spacial score (nSPS) is 10.6. The average molecular weight is 262 g/mol. The van der Waals surface area contributed by atoms with E-state index in [0.29, 0.717) is 4.90 Å². The molecule has 18 heavy (non-hydrogen) atoms. The van der Waals surface area contributed by atoms with Crippen molar-refractivity contribution >= 4 is 11.8 Å². The number of rotatable bonds is 5. The van der Waals surface area contributed by atoms with Crippen molar-refractivity contribution in [2.45, 2.75) is 23.4 Å². The van der Waals surface area contributed by atoms with Crippen LogP contribution in [0.25, 0.3) is 0 Å². The summed E-state index contributed by atoms with van der Waals surface area (Å²) < 4.78 is 13.6. The molecule has 0 saturated heterocycles. The van der Waals surface area contributed by atoms with Crippen LogP contribution in [0.2, 0.25) is 0 Å². The van der Waals surface area contributed by atoms with Gasteiger partial charge in [0.05, 0.1) is 0 Å². The van der Waals surface area contributed by atoms with Crippen molar-refractivity contribution in [1.29, 1.82) is 0 Å². The number of hydrogen-bond acceptors (Lipinski definition) is 3. The first-order chi connectivity index (χ1) is 8.81. The highest BCUT2D eigenvalue weighted by Crippen LogP contribution is 2.30. The Bertz CT molecular complexity index is 517. The quantitative estimate of drug-likeness (QED) is 0.893. The lowest BCUT2D eigenvalue weighted by molar-refractivity contribution is 0.601. The number of nitrogens with zero attached hydrogens (tertiary/aromatic N) is 1. The van der Waals surface area contributed by atoms with Crippen LogP contribution in [0.4, 0.5) is 4.39 Å². The number of pyridine rings is 1. The second kappa shape index (κ2) is 6.52. The van der Waals surface area contributed by atoms with Gasteiger partial charge in [0.15, 0.2) is 0 Å². The maximum absolute atomic E-state index is 13.6. The Morgan fingerprint density at radius 2 is 2.06 bits per heavy atom. The molecule has 0 radical (unpaired) electrons. The summed E-state index contributed by atoms with van der Waals surface area (Å²) in [6.07, 6.45) is 1.73. The van der Waals surface area contributed by atoms with Gasteiger partial charge in [0.25, 0.3) is 0 Å². The minimum atomic E-state index is -0.206. The van der Waals surface area contributed by atoms with Crippen LogP contribution < -0.4 is 5.32 Å². The third-order valence-corrected chi connectivity index (χ3v) is 3.57. The van der Waals surface area contributed by atoms with Gasteiger partial charge in [-0.3, -0.25) is 0 Å². The van der Waals surface area contributed by atoms with E-state index in [9.17, 15) is 4.39 Å². The first-order valence-electron chi connectivity index (χ1n) is 5.88. The summed E-state index contributed by atoms with van der Waals surface area (Å²) in [7, 11) is 0. The fraction of sp³-hybridized carbons (Fsp3) is 0.214. The van der Waals surface area contributed by atoms with Crippen molar-refractivity contribution in [3.8, 4) is 0 Å². The van der Waals surface area contributed by atoms with Crippen LogP contribution in [0.15, 0.2) is 52.5 Å². The van der Waals surface area contributed by atoms with E-state index in [1.807, 2.05) is 18.2 Å². The molecule has 2 nitrogen and oxygen atoms in total. The molecule has 0 saturated carbocycles. The van der Waals surface area contributed by atoms with E-state index in [4.69, 9.17) is 0 Å². The fourth-order valence-corrected chi connectivity index (χ4v) is 2.45. The molecule has 0 aliphatic carbocycles. The smallest absolute Gasteiger partial charge is 0.137 e. The van der Waals surface area contributed by atoms with Gasteiger partial charge >= 0.3 is 0 Å². The minimum absolute atomic E-state index is 0.206. The molecule has 0 amide bonds. The van der Waals surface area contributed by atoms with Gasteiger partial charge in [-0.15, -0.1) is 0 Å². The standard InChI is InChI=1S/C14H15FN2S/c1-2-16-10-11-6-5-9-17-14(11)18-13-8-4-3-7-12(13)15/h3-9,16H,2,10H2,1H3. The molecule has 94 valence electrons. The molecule has 1 heterocycles. The molecule has 0 aliphatic rings. The van der Waals surface area contributed by atoms with Gasteiger partial charge in [0.1, 0.15) is 10.8 Å². The number of hydrogen-bond donors (Lipinski definition) is 1. The second-order valence-corrected chi connectivity index (χ2v) is 4.81. The topological polar surface area (TPSA) is 24.9 Å². The summed E-state index contributed by atoms with van der Waals surface area (Å²) in [6.45, 7) is 3.71. The monoisotopic (exact) mass is 262 g/mol. The fourth-order valence-electron chi connectivity index (χ4n) is 1.54. The highest BCUT2D eigenvalue weighted by Gasteiger charge is 2.08. The van der Waals surface area contributed by atoms with E-state index in [1.165, 1.54) is 17.8 Å². The van der Waals surface area contributed by atoms with E-state index in [2.05, 4.69) is 17.2 Å². The van der Waals surface area contributed by atoms with Gasteiger partial charge in [0.2, 0.25) is 0 Å². The van der Waals surface area contributed by atoms with Crippen LogP contribution >= 0.6 is 11.8 Å². The Balaban J connectivity index is 2.21. The largest absolute Gasteiger partial charge is 0.313 e. The molecule has 0 aliphatic heterocycles. The number of benzene rings is 1. The van der Waals surface area contributed by atoms with Crippen molar-refractivity contribution in [2.75, 3.05) is 6.54 Å². The Hall–Kier alpha value is -1.39. The van der Waals surface area contributed by atoms with E-state index < -0.39 is 0 Å².